The third kappa shape index (κ3) is 5.59. The standard InChI is InChI=1S/C24H33N3O5/c28-22(10-18-31-20-5-2-1-3-6-20)25-11-8-19(9-12-25)23(29)26-13-15-27(16-14-26)24(30)21-7-4-17-32-21/h1-3,5-6,19,21H,4,7-18H2. The van der Waals surface area contributed by atoms with Gasteiger partial charge in [0, 0.05) is 51.8 Å². The van der Waals surface area contributed by atoms with Gasteiger partial charge in [-0.25, -0.2) is 0 Å². The lowest BCUT2D eigenvalue weighted by Crippen LogP contribution is -2.54. The summed E-state index contributed by atoms with van der Waals surface area (Å²) in [6.45, 7) is 4.54. The average Bonchev–Trinajstić information content (AvgIpc) is 3.39. The zero-order chi connectivity index (χ0) is 22.3. The molecule has 3 amide bonds. The van der Waals surface area contributed by atoms with Crippen molar-refractivity contribution < 1.29 is 23.9 Å². The molecule has 0 N–H and O–H groups in total. The van der Waals surface area contributed by atoms with Crippen LogP contribution in [0.5, 0.6) is 5.75 Å². The van der Waals surface area contributed by atoms with Gasteiger partial charge in [-0.2, -0.15) is 0 Å². The molecule has 0 radical (unpaired) electrons. The first-order valence-electron chi connectivity index (χ1n) is 11.8. The minimum atomic E-state index is -0.294. The van der Waals surface area contributed by atoms with E-state index >= 15 is 0 Å². The number of ether oxygens (including phenoxy) is 2. The summed E-state index contributed by atoms with van der Waals surface area (Å²) < 4.78 is 11.1. The molecule has 8 heteroatoms. The lowest BCUT2D eigenvalue weighted by atomic mass is 9.94. The van der Waals surface area contributed by atoms with Gasteiger partial charge in [-0.15, -0.1) is 0 Å². The van der Waals surface area contributed by atoms with Gasteiger partial charge in [0.05, 0.1) is 13.0 Å². The summed E-state index contributed by atoms with van der Waals surface area (Å²) in [4.78, 5) is 43.5. The van der Waals surface area contributed by atoms with Crippen LogP contribution in [0.1, 0.15) is 32.1 Å². The van der Waals surface area contributed by atoms with Crippen molar-refractivity contribution in [2.24, 2.45) is 5.92 Å². The predicted octanol–water partition coefficient (Wildman–Crippen LogP) is 1.54. The molecule has 0 saturated carbocycles. The van der Waals surface area contributed by atoms with Crippen LogP contribution in [0.4, 0.5) is 0 Å². The molecule has 0 bridgehead atoms. The fourth-order valence-electron chi connectivity index (χ4n) is 4.69. The maximum absolute atomic E-state index is 13.0. The van der Waals surface area contributed by atoms with E-state index < -0.39 is 0 Å². The molecule has 3 aliphatic rings. The Hall–Kier alpha value is -2.61. The quantitative estimate of drug-likeness (QED) is 0.667. The Morgan fingerprint density at radius 2 is 1.50 bits per heavy atom. The first-order valence-corrected chi connectivity index (χ1v) is 11.8. The highest BCUT2D eigenvalue weighted by Gasteiger charge is 2.34. The molecule has 1 aromatic carbocycles. The van der Waals surface area contributed by atoms with Gasteiger partial charge < -0.3 is 24.2 Å². The van der Waals surface area contributed by atoms with E-state index in [1.807, 2.05) is 45.0 Å². The van der Waals surface area contributed by atoms with Crippen LogP contribution in [0.25, 0.3) is 0 Å². The average molecular weight is 444 g/mol. The van der Waals surface area contributed by atoms with Gasteiger partial charge >= 0.3 is 0 Å². The third-order valence-corrected chi connectivity index (χ3v) is 6.63. The van der Waals surface area contributed by atoms with E-state index in [0.29, 0.717) is 71.7 Å². The zero-order valence-corrected chi connectivity index (χ0v) is 18.6. The second-order valence-corrected chi connectivity index (χ2v) is 8.72. The molecule has 4 rings (SSSR count). The maximum atomic E-state index is 13.0. The Morgan fingerprint density at radius 1 is 0.844 bits per heavy atom. The Kier molecular flexibility index (Phi) is 7.63. The first kappa shape index (κ1) is 22.6. The van der Waals surface area contributed by atoms with Gasteiger partial charge in [-0.1, -0.05) is 18.2 Å². The Bertz CT molecular complexity index is 780. The number of nitrogens with zero attached hydrogens (tertiary/aromatic N) is 3. The van der Waals surface area contributed by atoms with Gasteiger partial charge in [0.25, 0.3) is 5.91 Å². The number of carbonyl (C=O) groups is 3. The largest absolute Gasteiger partial charge is 0.493 e. The fraction of sp³-hybridized carbons (Fsp3) is 0.625. The molecule has 3 aliphatic heterocycles. The summed E-state index contributed by atoms with van der Waals surface area (Å²) in [6, 6.07) is 9.48. The van der Waals surface area contributed by atoms with E-state index in [9.17, 15) is 14.4 Å². The van der Waals surface area contributed by atoms with E-state index in [1.54, 1.807) is 0 Å². The number of amides is 3. The Balaban J connectivity index is 1.15. The summed E-state index contributed by atoms with van der Waals surface area (Å²) in [6.07, 6.45) is 3.17. The summed E-state index contributed by atoms with van der Waals surface area (Å²) >= 11 is 0. The second-order valence-electron chi connectivity index (χ2n) is 8.72. The van der Waals surface area contributed by atoms with Crippen molar-refractivity contribution in [3.05, 3.63) is 30.3 Å². The molecule has 0 aliphatic carbocycles. The highest BCUT2D eigenvalue weighted by Crippen LogP contribution is 2.22. The molecule has 8 nitrogen and oxygen atoms in total. The number of piperazine rings is 1. The Morgan fingerprint density at radius 3 is 2.12 bits per heavy atom. The first-order chi connectivity index (χ1) is 15.6. The summed E-state index contributed by atoms with van der Waals surface area (Å²) in [7, 11) is 0. The molecule has 1 atom stereocenters. The van der Waals surface area contributed by atoms with Crippen LogP contribution in [0, 0.1) is 5.92 Å². The van der Waals surface area contributed by atoms with Gasteiger partial charge in [-0.3, -0.25) is 14.4 Å². The van der Waals surface area contributed by atoms with Crippen LogP contribution in [-0.2, 0) is 19.1 Å². The number of para-hydroxylation sites is 1. The predicted molar refractivity (Wildman–Crippen MR) is 118 cm³/mol. The smallest absolute Gasteiger partial charge is 0.251 e. The van der Waals surface area contributed by atoms with Crippen molar-refractivity contribution in [1.29, 1.82) is 0 Å². The third-order valence-electron chi connectivity index (χ3n) is 6.63. The maximum Gasteiger partial charge on any atom is 0.251 e. The zero-order valence-electron chi connectivity index (χ0n) is 18.6. The number of rotatable bonds is 6. The molecule has 3 fully saturated rings. The number of carbonyl (C=O) groups excluding carboxylic acids is 3. The molecule has 1 aromatic rings. The van der Waals surface area contributed by atoms with E-state index in [-0.39, 0.29) is 29.7 Å². The van der Waals surface area contributed by atoms with Crippen LogP contribution < -0.4 is 4.74 Å². The summed E-state index contributed by atoms with van der Waals surface area (Å²) in [5, 5.41) is 0. The van der Waals surface area contributed by atoms with Crippen LogP contribution >= 0.6 is 0 Å². The van der Waals surface area contributed by atoms with Crippen molar-refractivity contribution in [3.8, 4) is 5.75 Å². The molecule has 174 valence electrons. The minimum absolute atomic E-state index is 0.0416. The second kappa shape index (κ2) is 10.8. The molecule has 3 saturated heterocycles. The number of benzene rings is 1. The van der Waals surface area contributed by atoms with Crippen LogP contribution in [0.2, 0.25) is 0 Å². The van der Waals surface area contributed by atoms with Crippen molar-refractivity contribution in [3.63, 3.8) is 0 Å². The van der Waals surface area contributed by atoms with Gasteiger partial charge in [0.1, 0.15) is 11.9 Å². The molecular formula is C24H33N3O5. The lowest BCUT2D eigenvalue weighted by Gasteiger charge is -2.39. The highest BCUT2D eigenvalue weighted by atomic mass is 16.5. The fourth-order valence-corrected chi connectivity index (χ4v) is 4.69. The SMILES string of the molecule is O=C(CCOc1ccccc1)N1CCC(C(=O)N2CCN(C(=O)C3CCCO3)CC2)CC1. The number of piperidine rings is 1. The molecule has 1 unspecified atom stereocenters. The summed E-state index contributed by atoms with van der Waals surface area (Å²) in [5.41, 5.74) is 0. The highest BCUT2D eigenvalue weighted by molar-refractivity contribution is 5.83. The minimum Gasteiger partial charge on any atom is -0.493 e. The van der Waals surface area contributed by atoms with Crippen molar-refractivity contribution >= 4 is 17.7 Å². The van der Waals surface area contributed by atoms with E-state index in [1.165, 1.54) is 0 Å². The van der Waals surface area contributed by atoms with Crippen molar-refractivity contribution in [1.82, 2.24) is 14.7 Å². The van der Waals surface area contributed by atoms with Gasteiger partial charge in [0.15, 0.2) is 0 Å². The van der Waals surface area contributed by atoms with E-state index in [4.69, 9.17) is 9.47 Å². The van der Waals surface area contributed by atoms with Crippen LogP contribution in [-0.4, -0.2) is 91.0 Å². The van der Waals surface area contributed by atoms with Gasteiger partial charge in [-0.05, 0) is 37.8 Å². The molecule has 32 heavy (non-hydrogen) atoms. The monoisotopic (exact) mass is 443 g/mol. The number of likely N-dealkylation sites (tertiary alicyclic amines) is 1. The van der Waals surface area contributed by atoms with Crippen molar-refractivity contribution in [2.75, 3.05) is 52.5 Å². The van der Waals surface area contributed by atoms with Gasteiger partial charge in [0.2, 0.25) is 11.8 Å². The van der Waals surface area contributed by atoms with Crippen LogP contribution in [0.15, 0.2) is 30.3 Å². The normalized spacial score (nSPS) is 22.1. The number of hydrogen-bond acceptors (Lipinski definition) is 5. The van der Waals surface area contributed by atoms with Crippen molar-refractivity contribution in [2.45, 2.75) is 38.2 Å². The molecule has 0 aromatic heterocycles. The molecular weight excluding hydrogens is 410 g/mol. The van der Waals surface area contributed by atoms with E-state index in [2.05, 4.69) is 0 Å². The van der Waals surface area contributed by atoms with Crippen LogP contribution in [0.3, 0.4) is 0 Å². The van der Waals surface area contributed by atoms with E-state index in [0.717, 1.165) is 18.6 Å². The molecule has 0 spiro atoms. The lowest BCUT2D eigenvalue weighted by molar-refractivity contribution is -0.148. The molecule has 3 heterocycles. The number of hydrogen-bond donors (Lipinski definition) is 0. The Labute approximate surface area is 189 Å². The summed E-state index contributed by atoms with van der Waals surface area (Å²) in [5.74, 6) is 1.03. The topological polar surface area (TPSA) is 79.4 Å².